The summed E-state index contributed by atoms with van der Waals surface area (Å²) < 4.78 is 12.2. The standard InChI is InChI=1S/C20H24O3Si/c1-20(2,3)24(4,5)23-15-10-11-18-17(12-15)19(21)16-9-7-6-8-14(16)13-22-18/h6-12H,13H2,1-5H3. The van der Waals surface area contributed by atoms with Crippen molar-refractivity contribution in [1.82, 2.24) is 0 Å². The summed E-state index contributed by atoms with van der Waals surface area (Å²) in [4.78, 5) is 12.9. The van der Waals surface area contributed by atoms with Gasteiger partial charge in [0.05, 0.1) is 5.56 Å². The van der Waals surface area contributed by atoms with Crippen molar-refractivity contribution in [2.45, 2.75) is 45.5 Å². The number of ether oxygens (including phenoxy) is 1. The van der Waals surface area contributed by atoms with Crippen LogP contribution in [0.1, 0.15) is 42.3 Å². The smallest absolute Gasteiger partial charge is 0.250 e. The van der Waals surface area contributed by atoms with Crippen LogP contribution in [-0.4, -0.2) is 14.1 Å². The van der Waals surface area contributed by atoms with Gasteiger partial charge >= 0.3 is 0 Å². The molecule has 0 bridgehead atoms. The molecule has 3 rings (SSSR count). The molecular weight excluding hydrogens is 316 g/mol. The van der Waals surface area contributed by atoms with Crippen molar-refractivity contribution in [2.75, 3.05) is 0 Å². The highest BCUT2D eigenvalue weighted by atomic mass is 28.4. The Morgan fingerprint density at radius 2 is 1.75 bits per heavy atom. The van der Waals surface area contributed by atoms with Gasteiger partial charge in [0.1, 0.15) is 18.1 Å². The quantitative estimate of drug-likeness (QED) is 0.705. The van der Waals surface area contributed by atoms with E-state index in [9.17, 15) is 4.79 Å². The minimum atomic E-state index is -1.95. The molecule has 1 aliphatic heterocycles. The molecule has 0 radical (unpaired) electrons. The van der Waals surface area contributed by atoms with Gasteiger partial charge in [-0.2, -0.15) is 0 Å². The van der Waals surface area contributed by atoms with E-state index >= 15 is 0 Å². The number of rotatable bonds is 2. The molecule has 0 aliphatic carbocycles. The molecule has 3 nitrogen and oxygen atoms in total. The predicted octanol–water partition coefficient (Wildman–Crippen LogP) is 5.19. The summed E-state index contributed by atoms with van der Waals surface area (Å²) in [6, 6.07) is 13.2. The summed E-state index contributed by atoms with van der Waals surface area (Å²) in [5.74, 6) is 1.37. The molecule has 0 atom stereocenters. The summed E-state index contributed by atoms with van der Waals surface area (Å²) in [6.07, 6.45) is 0. The van der Waals surface area contributed by atoms with Gasteiger partial charge in [0.25, 0.3) is 0 Å². The van der Waals surface area contributed by atoms with Crippen LogP contribution >= 0.6 is 0 Å². The van der Waals surface area contributed by atoms with Gasteiger partial charge in [0.2, 0.25) is 8.32 Å². The number of carbonyl (C=O) groups is 1. The zero-order valence-electron chi connectivity index (χ0n) is 15.0. The molecule has 24 heavy (non-hydrogen) atoms. The number of hydrogen-bond donors (Lipinski definition) is 0. The van der Waals surface area contributed by atoms with E-state index in [1.807, 2.05) is 42.5 Å². The fraction of sp³-hybridized carbons (Fsp3) is 0.350. The van der Waals surface area contributed by atoms with E-state index in [1.54, 1.807) is 0 Å². The van der Waals surface area contributed by atoms with Gasteiger partial charge in [0.15, 0.2) is 5.78 Å². The van der Waals surface area contributed by atoms with Gasteiger partial charge in [-0.25, -0.2) is 0 Å². The van der Waals surface area contributed by atoms with Gasteiger partial charge < -0.3 is 9.16 Å². The molecule has 0 aromatic heterocycles. The lowest BCUT2D eigenvalue weighted by Gasteiger charge is -2.36. The Balaban J connectivity index is 1.99. The molecular formula is C20H24O3Si. The fourth-order valence-electron chi connectivity index (χ4n) is 2.49. The van der Waals surface area contributed by atoms with E-state index in [2.05, 4.69) is 33.9 Å². The second-order valence-corrected chi connectivity index (χ2v) is 12.5. The van der Waals surface area contributed by atoms with E-state index in [1.165, 1.54) is 0 Å². The van der Waals surface area contributed by atoms with Crippen LogP contribution in [-0.2, 0) is 6.61 Å². The summed E-state index contributed by atoms with van der Waals surface area (Å²) in [5, 5.41) is 0.104. The molecule has 0 unspecified atom stereocenters. The van der Waals surface area contributed by atoms with E-state index in [-0.39, 0.29) is 10.8 Å². The van der Waals surface area contributed by atoms with Crippen molar-refractivity contribution in [3.63, 3.8) is 0 Å². The lowest BCUT2D eigenvalue weighted by atomic mass is 9.99. The maximum Gasteiger partial charge on any atom is 0.250 e. The molecule has 1 aliphatic rings. The Morgan fingerprint density at radius 3 is 2.46 bits per heavy atom. The minimum absolute atomic E-state index is 0.00113. The van der Waals surface area contributed by atoms with Crippen LogP contribution in [0.25, 0.3) is 0 Å². The second kappa shape index (κ2) is 5.78. The average molecular weight is 340 g/mol. The van der Waals surface area contributed by atoms with Gasteiger partial charge in [-0.3, -0.25) is 4.79 Å². The lowest BCUT2D eigenvalue weighted by molar-refractivity contribution is 0.103. The molecule has 0 N–H and O–H groups in total. The summed E-state index contributed by atoms with van der Waals surface area (Å²) in [7, 11) is -1.95. The Hall–Kier alpha value is -2.07. The molecule has 0 amide bonds. The highest BCUT2D eigenvalue weighted by Gasteiger charge is 2.39. The van der Waals surface area contributed by atoms with Crippen LogP contribution in [0, 0.1) is 0 Å². The number of fused-ring (bicyclic) bond motifs is 2. The molecule has 126 valence electrons. The molecule has 0 saturated heterocycles. The van der Waals surface area contributed by atoms with Crippen molar-refractivity contribution in [3.05, 3.63) is 59.2 Å². The first-order chi connectivity index (χ1) is 11.2. The van der Waals surface area contributed by atoms with Crippen LogP contribution < -0.4 is 9.16 Å². The van der Waals surface area contributed by atoms with Gasteiger partial charge in [-0.05, 0) is 36.3 Å². The first-order valence-corrected chi connectivity index (χ1v) is 11.2. The zero-order chi connectivity index (χ0) is 17.5. The van der Waals surface area contributed by atoms with Crippen molar-refractivity contribution in [1.29, 1.82) is 0 Å². The molecule has 2 aromatic carbocycles. The Bertz CT molecular complexity index is 788. The molecule has 0 saturated carbocycles. The SMILES string of the molecule is CC(C)(C)[Si](C)(C)Oc1ccc2c(c1)C(=O)c1ccccc1CO2. The molecule has 4 heteroatoms. The Morgan fingerprint density at radius 1 is 1.04 bits per heavy atom. The topological polar surface area (TPSA) is 35.5 Å². The maximum atomic E-state index is 12.9. The van der Waals surface area contributed by atoms with Gasteiger partial charge in [-0.1, -0.05) is 45.0 Å². The summed E-state index contributed by atoms with van der Waals surface area (Å²) >= 11 is 0. The highest BCUT2D eigenvalue weighted by molar-refractivity contribution is 6.74. The maximum absolute atomic E-state index is 12.9. The van der Waals surface area contributed by atoms with Crippen molar-refractivity contribution in [3.8, 4) is 11.5 Å². The zero-order valence-corrected chi connectivity index (χ0v) is 16.0. The molecule has 0 fully saturated rings. The van der Waals surface area contributed by atoms with Gasteiger partial charge in [-0.15, -0.1) is 0 Å². The number of carbonyl (C=O) groups excluding carboxylic acids is 1. The number of ketones is 1. The second-order valence-electron chi connectivity index (χ2n) is 7.80. The van der Waals surface area contributed by atoms with E-state index in [0.29, 0.717) is 23.5 Å². The normalized spacial score (nSPS) is 14.3. The average Bonchev–Trinajstić information content (AvgIpc) is 2.64. The van der Waals surface area contributed by atoms with Crippen molar-refractivity contribution >= 4 is 14.1 Å². The Kier molecular flexibility index (Phi) is 4.04. The number of hydrogen-bond acceptors (Lipinski definition) is 3. The van der Waals surface area contributed by atoms with Crippen LogP contribution in [0.3, 0.4) is 0 Å². The molecule has 0 spiro atoms. The molecule has 2 aromatic rings. The minimum Gasteiger partial charge on any atom is -0.543 e. The van der Waals surface area contributed by atoms with Crippen molar-refractivity contribution in [2.24, 2.45) is 0 Å². The third-order valence-electron chi connectivity index (χ3n) is 5.02. The van der Waals surface area contributed by atoms with Crippen LogP contribution in [0.2, 0.25) is 18.1 Å². The first-order valence-electron chi connectivity index (χ1n) is 8.27. The van der Waals surface area contributed by atoms with Crippen molar-refractivity contribution < 1.29 is 14.0 Å². The monoisotopic (exact) mass is 340 g/mol. The van der Waals surface area contributed by atoms with Gasteiger partial charge in [0, 0.05) is 11.1 Å². The third kappa shape index (κ3) is 2.98. The summed E-state index contributed by atoms with van der Waals surface area (Å²) in [6.45, 7) is 11.4. The van der Waals surface area contributed by atoms with E-state index in [0.717, 1.165) is 11.3 Å². The predicted molar refractivity (Wildman–Crippen MR) is 98.5 cm³/mol. The Labute approximate surface area is 144 Å². The largest absolute Gasteiger partial charge is 0.543 e. The third-order valence-corrected chi connectivity index (χ3v) is 9.38. The summed E-state index contributed by atoms with van der Waals surface area (Å²) in [5.41, 5.74) is 2.21. The fourth-order valence-corrected chi connectivity index (χ4v) is 3.51. The lowest BCUT2D eigenvalue weighted by Crippen LogP contribution is -2.43. The molecule has 1 heterocycles. The van der Waals surface area contributed by atoms with Crippen LogP contribution in [0.4, 0.5) is 0 Å². The van der Waals surface area contributed by atoms with Crippen LogP contribution in [0.15, 0.2) is 42.5 Å². The number of benzene rings is 2. The van der Waals surface area contributed by atoms with E-state index < -0.39 is 8.32 Å². The first kappa shape index (κ1) is 16.8. The van der Waals surface area contributed by atoms with E-state index in [4.69, 9.17) is 9.16 Å². The van der Waals surface area contributed by atoms with Crippen LogP contribution in [0.5, 0.6) is 11.5 Å². The highest BCUT2D eigenvalue weighted by Crippen LogP contribution is 2.39.